The Labute approximate surface area is 845 Å². The summed E-state index contributed by atoms with van der Waals surface area (Å²) in [5, 5.41) is 7.16. The highest BCUT2D eigenvalue weighted by atomic mass is 15.2. The van der Waals surface area contributed by atoms with Gasteiger partial charge in [0.1, 0.15) is 0 Å². The van der Waals surface area contributed by atoms with Crippen LogP contribution < -0.4 is 9.80 Å². The van der Waals surface area contributed by atoms with E-state index in [4.69, 9.17) is 0 Å². The van der Waals surface area contributed by atoms with Gasteiger partial charge in [-0.2, -0.15) is 0 Å². The van der Waals surface area contributed by atoms with Crippen molar-refractivity contribution in [1.29, 1.82) is 0 Å². The maximum Gasteiger partial charge on any atom is 0.0714 e. The van der Waals surface area contributed by atoms with E-state index in [9.17, 15) is 0 Å². The molecule has 2 nitrogen and oxygen atoms in total. The molecule has 24 aromatic rings. The second-order valence-electron chi connectivity index (χ2n) is 39.6. The summed E-state index contributed by atoms with van der Waals surface area (Å²) in [6.45, 7) is 0. The van der Waals surface area contributed by atoms with Crippen LogP contribution in [0.4, 0.5) is 34.1 Å². The van der Waals surface area contributed by atoms with Gasteiger partial charge >= 0.3 is 0 Å². The van der Waals surface area contributed by atoms with E-state index >= 15 is 0 Å². The van der Waals surface area contributed by atoms with Crippen LogP contribution in [0.2, 0.25) is 0 Å². The van der Waals surface area contributed by atoms with Crippen molar-refractivity contribution < 1.29 is 0 Å². The molecule has 1 atom stereocenters. The maximum atomic E-state index is 2.67. The van der Waals surface area contributed by atoms with Crippen molar-refractivity contribution in [2.45, 2.75) is 27.1 Å². The second kappa shape index (κ2) is 32.9. The summed E-state index contributed by atoms with van der Waals surface area (Å²) in [4.78, 5) is 5.30. The predicted molar refractivity (Wildman–Crippen MR) is 600 cm³/mol. The first-order valence-corrected chi connectivity index (χ1v) is 50.8. The topological polar surface area (TPSA) is 6.48 Å². The fourth-order valence-electron chi connectivity index (χ4n) is 27.5. The summed E-state index contributed by atoms with van der Waals surface area (Å²) in [5.41, 5.74) is 42.1. The first-order chi connectivity index (χ1) is 72.0. The Kier molecular flexibility index (Phi) is 19.0. The molecule has 0 bridgehead atoms. The van der Waals surface area contributed by atoms with Crippen molar-refractivity contribution in [3.63, 3.8) is 0 Å². The number of rotatable bonds is 17. The molecule has 0 N–H and O–H groups in total. The predicted octanol–water partition coefficient (Wildman–Crippen LogP) is 35.6. The molecule has 24 aromatic carbocycles. The lowest BCUT2D eigenvalue weighted by atomic mass is 9.67. The van der Waals surface area contributed by atoms with Gasteiger partial charge in [0.2, 0.25) is 0 Å². The average Bonchev–Trinajstić information content (AvgIpc) is 1.53. The molecule has 0 aromatic heterocycles. The first-order valence-electron chi connectivity index (χ1n) is 50.8. The number of anilines is 6. The van der Waals surface area contributed by atoms with Crippen molar-refractivity contribution in [3.8, 4) is 66.8 Å². The molecule has 0 saturated heterocycles. The molecular weight excluding hydrogens is 1750 g/mol. The number of hydrogen-bond donors (Lipinski definition) is 0. The largest absolute Gasteiger partial charge is 0.309 e. The Bertz CT molecular complexity index is 8930. The zero-order chi connectivity index (χ0) is 95.5. The Hall–Kier alpha value is -18.3. The quantitative estimate of drug-likeness (QED) is 0.0839. The lowest BCUT2D eigenvalue weighted by molar-refractivity contribution is 0.767. The first kappa shape index (κ1) is 83.6. The molecule has 0 spiro atoms. The number of hydrogen-bond acceptors (Lipinski definition) is 2. The third-order valence-corrected chi connectivity index (χ3v) is 33.0. The molecule has 0 saturated carbocycles. The van der Waals surface area contributed by atoms with Gasteiger partial charge in [-0.25, -0.2) is 0 Å². The fraction of sp³-hybridized carbons (Fsp3) is 0.0350. The number of benzene rings is 24. The van der Waals surface area contributed by atoms with E-state index in [1.807, 2.05) is 0 Å². The Morgan fingerprint density at radius 3 is 0.648 bits per heavy atom. The van der Waals surface area contributed by atoms with Crippen molar-refractivity contribution in [3.05, 3.63) is 682 Å². The average molecular weight is 1840 g/mol. The smallest absolute Gasteiger partial charge is 0.0714 e. The molecular formula is C143H94N2. The van der Waals surface area contributed by atoms with Gasteiger partial charge in [0.05, 0.1) is 49.8 Å². The zero-order valence-corrected chi connectivity index (χ0v) is 79.7. The number of fused-ring (bicyclic) bond motifs is 21. The molecule has 0 heterocycles. The minimum atomic E-state index is -0.795. The van der Waals surface area contributed by atoms with Gasteiger partial charge in [-0.3, -0.25) is 0 Å². The van der Waals surface area contributed by atoms with Crippen LogP contribution >= 0.6 is 0 Å². The van der Waals surface area contributed by atoms with Gasteiger partial charge in [-0.15, -0.1) is 0 Å². The van der Waals surface area contributed by atoms with Gasteiger partial charge in [0.15, 0.2) is 0 Å². The van der Waals surface area contributed by atoms with Crippen molar-refractivity contribution in [2.75, 3.05) is 9.80 Å². The molecule has 0 aliphatic heterocycles. The van der Waals surface area contributed by atoms with Crippen LogP contribution in [-0.2, 0) is 27.1 Å². The van der Waals surface area contributed by atoms with Gasteiger partial charge in [-0.05, 0) is 243 Å². The third-order valence-electron chi connectivity index (χ3n) is 33.0. The van der Waals surface area contributed by atoms with Crippen LogP contribution in [0.15, 0.2) is 570 Å². The van der Waals surface area contributed by atoms with Crippen LogP contribution in [0, 0.1) is 0 Å². The van der Waals surface area contributed by atoms with Gasteiger partial charge in [0.25, 0.3) is 0 Å². The minimum Gasteiger partial charge on any atom is -0.309 e. The van der Waals surface area contributed by atoms with Crippen LogP contribution in [-0.4, -0.2) is 0 Å². The zero-order valence-electron chi connectivity index (χ0n) is 79.7. The summed E-state index contributed by atoms with van der Waals surface area (Å²) in [6, 6.07) is 217. The van der Waals surface area contributed by atoms with E-state index in [1.54, 1.807) is 0 Å². The van der Waals surface area contributed by atoms with Crippen LogP contribution in [0.1, 0.15) is 111 Å². The van der Waals surface area contributed by atoms with E-state index in [-0.39, 0.29) is 0 Å². The van der Waals surface area contributed by atoms with Crippen LogP contribution in [0.5, 0.6) is 0 Å². The van der Waals surface area contributed by atoms with Crippen LogP contribution in [0.3, 0.4) is 0 Å². The van der Waals surface area contributed by atoms with E-state index < -0.39 is 27.1 Å². The van der Waals surface area contributed by atoms with Crippen molar-refractivity contribution in [1.82, 2.24) is 0 Å². The Morgan fingerprint density at radius 1 is 0.117 bits per heavy atom. The molecule has 29 rings (SSSR count). The van der Waals surface area contributed by atoms with Gasteiger partial charge < -0.3 is 9.80 Å². The molecule has 1 unspecified atom stereocenters. The normalized spacial score (nSPS) is 14.9. The lowest BCUT2D eigenvalue weighted by Crippen LogP contribution is -2.29. The minimum absolute atomic E-state index is 0.645. The molecule has 5 aliphatic carbocycles. The summed E-state index contributed by atoms with van der Waals surface area (Å²) in [7, 11) is 0. The molecule has 0 fully saturated rings. The molecule has 676 valence electrons. The highest BCUT2D eigenvalue weighted by Crippen LogP contribution is 2.68. The summed E-state index contributed by atoms with van der Waals surface area (Å²) >= 11 is 0. The van der Waals surface area contributed by atoms with Crippen molar-refractivity contribution in [2.24, 2.45) is 0 Å². The lowest BCUT2D eigenvalue weighted by Gasteiger charge is -2.36. The SMILES string of the molecule is c1ccc(C2(c3ccccc3)c3ccccc3-c3ccc(N(c4cccc5c4-c4ccccc4C5(c4ccccc4)c4ccccc4)c4cccc5c4-c4ccccc4C5(c4ccccc4)c4ccc(-c5ccc6c7ccc(N(c8cccc9c8-c8ccccc8C9(c8ccccc8)c8ccccc8)c8cccc9c8-c8ccccc8C9(c8ccccc8)c8ccccc8)cc7c7ccccc7c6c5)cc4)cc32)cc1. The highest BCUT2D eigenvalue weighted by molar-refractivity contribution is 6.27. The Morgan fingerprint density at radius 2 is 0.331 bits per heavy atom. The van der Waals surface area contributed by atoms with E-state index in [2.05, 4.69) is 580 Å². The van der Waals surface area contributed by atoms with Gasteiger partial charge in [-0.1, -0.05) is 516 Å². The highest BCUT2D eigenvalue weighted by Gasteiger charge is 2.55. The second-order valence-corrected chi connectivity index (χ2v) is 39.6. The maximum absolute atomic E-state index is 2.67. The molecule has 145 heavy (non-hydrogen) atoms. The molecule has 2 heteroatoms. The number of nitrogens with zero attached hydrogens (tertiary/aromatic N) is 2. The van der Waals surface area contributed by atoms with Crippen LogP contribution in [0.25, 0.3) is 99.1 Å². The fourth-order valence-corrected chi connectivity index (χ4v) is 27.5. The van der Waals surface area contributed by atoms with Crippen molar-refractivity contribution >= 4 is 66.4 Å². The van der Waals surface area contributed by atoms with E-state index in [1.165, 1.54) is 199 Å². The standard InChI is InChI=1S/C143H94N2/c1-10-44-97(45-11-1)139(98-46-12-2-13-47-98)122-70-36-31-65-115(122)135-126(139)74-40-78-131(135)144(132-79-41-75-127-136(132)116-66-32-37-71-123(116)140(127,99-48-14-3-15-49-99)100-50-16-4-17-51-100)107-87-90-112-111-89-84-96(92-119(111)109-62-28-29-63-110(109)120(112)93-107)95-82-85-106(86-83-95)142(103-56-22-7-23-57-103)125-73-39-34-68-118(125)138-129(142)77-43-81-134(138)145(108-88-91-114-113-64-30-35-69-121(113)143(130(114)94-108,104-58-24-8-25-59-104)105-60-26-9-27-61-105)133-80-42-76-128-137(133)117-67-33-38-72-124(117)141(128,101-52-18-5-19-53-101)102-54-20-6-21-55-102/h1-94H. The van der Waals surface area contributed by atoms with Gasteiger partial charge in [0, 0.05) is 33.6 Å². The summed E-state index contributed by atoms with van der Waals surface area (Å²) in [6.07, 6.45) is 0. The third kappa shape index (κ3) is 11.7. The molecule has 0 radical (unpaired) electrons. The summed E-state index contributed by atoms with van der Waals surface area (Å²) in [5.74, 6) is 0. The molecule has 0 amide bonds. The van der Waals surface area contributed by atoms with E-state index in [0.29, 0.717) is 0 Å². The monoisotopic (exact) mass is 1840 g/mol. The van der Waals surface area contributed by atoms with E-state index in [0.717, 1.165) is 45.3 Å². The molecule has 5 aliphatic rings. The Balaban J connectivity index is 0.614. The summed E-state index contributed by atoms with van der Waals surface area (Å²) < 4.78 is 0.